The molecule has 0 radical (unpaired) electrons. The predicted octanol–water partition coefficient (Wildman–Crippen LogP) is 3.33. The largest absolute Gasteiger partial charge is 0.493 e. The van der Waals surface area contributed by atoms with E-state index >= 15 is 0 Å². The van der Waals surface area contributed by atoms with E-state index in [9.17, 15) is 13.4 Å². The minimum atomic E-state index is -1.97. The molecule has 1 saturated carbocycles. The molecule has 0 amide bonds. The van der Waals surface area contributed by atoms with Gasteiger partial charge in [-0.3, -0.25) is 9.35 Å². The highest BCUT2D eigenvalue weighted by Crippen LogP contribution is 2.33. The summed E-state index contributed by atoms with van der Waals surface area (Å²) in [5, 5.41) is 0. The van der Waals surface area contributed by atoms with Crippen molar-refractivity contribution in [3.8, 4) is 5.75 Å². The van der Waals surface area contributed by atoms with Crippen LogP contribution in [0.15, 0.2) is 18.2 Å². The van der Waals surface area contributed by atoms with Crippen molar-refractivity contribution in [2.75, 3.05) is 13.2 Å². The summed E-state index contributed by atoms with van der Waals surface area (Å²) >= 11 is -1.97. The van der Waals surface area contributed by atoms with Gasteiger partial charge in [-0.15, -0.1) is 0 Å². The Labute approximate surface area is 144 Å². The summed E-state index contributed by atoms with van der Waals surface area (Å²) in [6.07, 6.45) is 5.23. The second kappa shape index (κ2) is 9.25. The highest BCUT2D eigenvalue weighted by molar-refractivity contribution is 7.77. The number of carbonyl (C=O) groups excluding carboxylic acids is 1. The first-order valence-corrected chi connectivity index (χ1v) is 9.35. The highest BCUT2D eigenvalue weighted by atomic mass is 32.2. The van der Waals surface area contributed by atoms with Crippen LogP contribution < -0.4 is 9.46 Å². The summed E-state index contributed by atoms with van der Waals surface area (Å²) in [7, 11) is 0. The van der Waals surface area contributed by atoms with E-state index < -0.39 is 17.1 Å². The number of benzene rings is 1. The van der Waals surface area contributed by atoms with E-state index in [1.165, 1.54) is 19.1 Å². The number of carbonyl (C=O) groups is 1. The van der Waals surface area contributed by atoms with E-state index in [1.54, 1.807) is 6.07 Å². The summed E-state index contributed by atoms with van der Waals surface area (Å²) in [5.41, 5.74) is 0.0703. The Bertz CT molecular complexity index is 596. The van der Waals surface area contributed by atoms with Gasteiger partial charge in [-0.25, -0.2) is 13.3 Å². The molecule has 5 nitrogen and oxygen atoms in total. The third-order valence-electron chi connectivity index (χ3n) is 4.59. The molecule has 1 aliphatic rings. The first-order chi connectivity index (χ1) is 11.5. The molecular formula is C17H24FNO4S. The molecule has 0 heterocycles. The van der Waals surface area contributed by atoms with Gasteiger partial charge in [0.1, 0.15) is 11.6 Å². The lowest BCUT2D eigenvalue weighted by Crippen LogP contribution is -2.29. The summed E-state index contributed by atoms with van der Waals surface area (Å²) in [4.78, 5) is 11.2. The zero-order valence-corrected chi connectivity index (χ0v) is 14.6. The van der Waals surface area contributed by atoms with Gasteiger partial charge in [0.15, 0.2) is 5.78 Å². The molecule has 7 heteroatoms. The lowest BCUT2D eigenvalue weighted by atomic mass is 9.78. The first-order valence-electron chi connectivity index (χ1n) is 8.25. The zero-order valence-electron chi connectivity index (χ0n) is 13.8. The quantitative estimate of drug-likeness (QED) is 0.553. The molecule has 3 atom stereocenters. The molecule has 0 bridgehead atoms. The van der Waals surface area contributed by atoms with Crippen LogP contribution in [0.3, 0.4) is 0 Å². The molecular weight excluding hydrogens is 333 g/mol. The number of ether oxygens (including phenoxy) is 1. The lowest BCUT2D eigenvalue weighted by molar-refractivity contribution is 0.101. The minimum Gasteiger partial charge on any atom is -0.493 e. The van der Waals surface area contributed by atoms with Gasteiger partial charge in [0.05, 0.1) is 12.2 Å². The molecule has 2 N–H and O–H groups in total. The van der Waals surface area contributed by atoms with Crippen LogP contribution in [0.2, 0.25) is 0 Å². The standard InChI is InChI=1S/C17H24FNO4S/c1-12(20)16-7-6-15(10-17(16)18)23-11-14-5-3-2-4-13(14)8-9-19-24(21)22/h6-7,10,13-14,19H,2-5,8-9,11H2,1H3,(H,21,22). The molecule has 1 aromatic rings. The maximum absolute atomic E-state index is 13.8. The maximum atomic E-state index is 13.8. The van der Waals surface area contributed by atoms with E-state index in [0.717, 1.165) is 32.1 Å². The van der Waals surface area contributed by atoms with Gasteiger partial charge in [-0.1, -0.05) is 19.3 Å². The van der Waals surface area contributed by atoms with Crippen molar-refractivity contribution in [2.45, 2.75) is 39.0 Å². The molecule has 1 aromatic carbocycles. The van der Waals surface area contributed by atoms with Gasteiger partial charge < -0.3 is 4.74 Å². The second-order valence-corrected chi connectivity index (χ2v) is 7.03. The molecule has 0 saturated heterocycles. The first kappa shape index (κ1) is 19.0. The number of hydrogen-bond acceptors (Lipinski definition) is 3. The third kappa shape index (κ3) is 5.65. The summed E-state index contributed by atoms with van der Waals surface area (Å²) < 4.78 is 41.5. The van der Waals surface area contributed by atoms with Crippen LogP contribution in [-0.2, 0) is 11.3 Å². The molecule has 0 spiro atoms. The van der Waals surface area contributed by atoms with Crippen molar-refractivity contribution < 1.29 is 22.7 Å². The van der Waals surface area contributed by atoms with E-state index in [0.29, 0.717) is 30.7 Å². The molecule has 1 aliphatic carbocycles. The summed E-state index contributed by atoms with van der Waals surface area (Å²) in [6, 6.07) is 4.32. The van der Waals surface area contributed by atoms with E-state index in [4.69, 9.17) is 9.29 Å². The van der Waals surface area contributed by atoms with Crippen molar-refractivity contribution >= 4 is 17.0 Å². The fourth-order valence-electron chi connectivity index (χ4n) is 3.29. The number of hydrogen-bond donors (Lipinski definition) is 2. The van der Waals surface area contributed by atoms with Crippen molar-refractivity contribution in [2.24, 2.45) is 11.8 Å². The molecule has 3 unspecified atom stereocenters. The Balaban J connectivity index is 1.89. The van der Waals surface area contributed by atoms with Gasteiger partial charge in [0.25, 0.3) is 0 Å². The average molecular weight is 357 g/mol. The maximum Gasteiger partial charge on any atom is 0.231 e. The van der Waals surface area contributed by atoms with Crippen molar-refractivity contribution in [1.82, 2.24) is 4.72 Å². The minimum absolute atomic E-state index is 0.0703. The van der Waals surface area contributed by atoms with Crippen LogP contribution in [0.1, 0.15) is 49.4 Å². The number of halogens is 1. The second-order valence-electron chi connectivity index (χ2n) is 6.25. The number of Topliss-reactive ketones (excluding diaryl/α,β-unsaturated/α-hetero) is 1. The zero-order chi connectivity index (χ0) is 17.5. The number of nitrogens with one attached hydrogen (secondary N) is 1. The fourth-order valence-corrected chi connectivity index (χ4v) is 3.58. The van der Waals surface area contributed by atoms with Gasteiger partial charge >= 0.3 is 0 Å². The summed E-state index contributed by atoms with van der Waals surface area (Å²) in [6.45, 7) is 2.32. The summed E-state index contributed by atoms with van der Waals surface area (Å²) in [5.74, 6) is 0.339. The Hall–Kier alpha value is -1.31. The van der Waals surface area contributed by atoms with Crippen LogP contribution in [0.25, 0.3) is 0 Å². The van der Waals surface area contributed by atoms with Gasteiger partial charge in [-0.2, -0.15) is 0 Å². The van der Waals surface area contributed by atoms with E-state index in [-0.39, 0.29) is 11.3 Å². The van der Waals surface area contributed by atoms with Crippen molar-refractivity contribution in [1.29, 1.82) is 0 Å². The van der Waals surface area contributed by atoms with Crippen LogP contribution in [0.5, 0.6) is 5.75 Å². The smallest absolute Gasteiger partial charge is 0.231 e. The molecule has 24 heavy (non-hydrogen) atoms. The number of rotatable bonds is 8. The van der Waals surface area contributed by atoms with Crippen molar-refractivity contribution in [3.05, 3.63) is 29.6 Å². The Kier molecular flexibility index (Phi) is 7.33. The van der Waals surface area contributed by atoms with Crippen molar-refractivity contribution in [3.63, 3.8) is 0 Å². The molecule has 1 fully saturated rings. The van der Waals surface area contributed by atoms with Crippen LogP contribution in [-0.4, -0.2) is 27.7 Å². The molecule has 2 rings (SSSR count). The molecule has 0 aromatic heterocycles. The third-order valence-corrected chi connectivity index (χ3v) is 5.04. The van der Waals surface area contributed by atoms with Crippen LogP contribution >= 0.6 is 0 Å². The van der Waals surface area contributed by atoms with Gasteiger partial charge in [-0.05, 0) is 43.7 Å². The normalized spacial score (nSPS) is 22.1. The Morgan fingerprint density at radius 1 is 1.38 bits per heavy atom. The van der Waals surface area contributed by atoms with Crippen LogP contribution in [0, 0.1) is 17.7 Å². The molecule has 134 valence electrons. The molecule has 0 aliphatic heterocycles. The lowest BCUT2D eigenvalue weighted by Gasteiger charge is -2.31. The number of ketones is 1. The highest BCUT2D eigenvalue weighted by Gasteiger charge is 2.25. The monoisotopic (exact) mass is 357 g/mol. The van der Waals surface area contributed by atoms with Gasteiger partial charge in [0.2, 0.25) is 11.3 Å². The SMILES string of the molecule is CC(=O)c1ccc(OCC2CCCCC2CCNS(=O)O)cc1F. The predicted molar refractivity (Wildman–Crippen MR) is 90.7 cm³/mol. The average Bonchev–Trinajstić information content (AvgIpc) is 2.53. The van der Waals surface area contributed by atoms with Crippen LogP contribution in [0.4, 0.5) is 4.39 Å². The van der Waals surface area contributed by atoms with E-state index in [1.807, 2.05) is 0 Å². The van der Waals surface area contributed by atoms with E-state index in [2.05, 4.69) is 4.72 Å². The fraction of sp³-hybridized carbons (Fsp3) is 0.588. The topological polar surface area (TPSA) is 75.6 Å². The Morgan fingerprint density at radius 2 is 2.08 bits per heavy atom. The van der Waals surface area contributed by atoms with Gasteiger partial charge in [0, 0.05) is 12.6 Å². The Morgan fingerprint density at radius 3 is 2.71 bits per heavy atom.